The minimum atomic E-state index is -0.426. The zero-order valence-corrected chi connectivity index (χ0v) is 11.5. The van der Waals surface area contributed by atoms with E-state index in [9.17, 15) is 4.79 Å². The van der Waals surface area contributed by atoms with Crippen molar-refractivity contribution in [3.05, 3.63) is 52.8 Å². The molecule has 0 saturated carbocycles. The van der Waals surface area contributed by atoms with E-state index in [1.165, 1.54) is 12.4 Å². The Morgan fingerprint density at radius 3 is 3.05 bits per heavy atom. The Morgan fingerprint density at radius 2 is 2.19 bits per heavy atom. The van der Waals surface area contributed by atoms with Gasteiger partial charge in [0.15, 0.2) is 11.5 Å². The van der Waals surface area contributed by atoms with Gasteiger partial charge in [0.2, 0.25) is 6.79 Å². The summed E-state index contributed by atoms with van der Waals surface area (Å²) in [5, 5.41) is 4.01. The van der Waals surface area contributed by atoms with E-state index >= 15 is 0 Å². The van der Waals surface area contributed by atoms with Crippen LogP contribution in [0.4, 0.5) is 0 Å². The van der Waals surface area contributed by atoms with Gasteiger partial charge in [-0.05, 0) is 35.9 Å². The average Bonchev–Trinajstić information content (AvgIpc) is 2.95. The summed E-state index contributed by atoms with van der Waals surface area (Å²) in [5.74, 6) is 0.920. The van der Waals surface area contributed by atoms with Crippen molar-refractivity contribution in [2.24, 2.45) is 5.10 Å². The number of hydrogen-bond donors (Lipinski definition) is 1. The molecule has 3 rings (SSSR count). The summed E-state index contributed by atoms with van der Waals surface area (Å²) in [6.45, 7) is 0.214. The number of rotatable bonds is 3. The molecule has 7 heteroatoms. The standard InChI is InChI=1S/C14H10ClN3O3/c15-13-10(2-1-5-16-13)14(19)18-17-7-9-3-4-11-12(6-9)21-8-20-11/h1-7H,8H2,(H,18,19)/b17-7+. The molecular weight excluding hydrogens is 294 g/mol. The number of pyridine rings is 1. The maximum absolute atomic E-state index is 11.8. The molecule has 1 aromatic carbocycles. The van der Waals surface area contributed by atoms with Gasteiger partial charge in [-0.15, -0.1) is 0 Å². The highest BCUT2D eigenvalue weighted by molar-refractivity contribution is 6.32. The molecule has 106 valence electrons. The maximum Gasteiger partial charge on any atom is 0.274 e. The summed E-state index contributed by atoms with van der Waals surface area (Å²) in [6, 6.07) is 8.56. The molecule has 1 aliphatic heterocycles. The highest BCUT2D eigenvalue weighted by Crippen LogP contribution is 2.31. The van der Waals surface area contributed by atoms with Crippen molar-refractivity contribution in [1.29, 1.82) is 0 Å². The molecule has 0 saturated heterocycles. The molecule has 0 atom stereocenters. The number of hydrazone groups is 1. The van der Waals surface area contributed by atoms with Crippen LogP contribution in [0.15, 0.2) is 41.6 Å². The normalized spacial score (nSPS) is 12.6. The maximum atomic E-state index is 11.8. The van der Waals surface area contributed by atoms with Crippen LogP contribution in [0.2, 0.25) is 5.15 Å². The first kappa shape index (κ1) is 13.4. The van der Waals surface area contributed by atoms with Gasteiger partial charge in [-0.2, -0.15) is 5.10 Å². The van der Waals surface area contributed by atoms with E-state index in [1.807, 2.05) is 0 Å². The minimum Gasteiger partial charge on any atom is -0.454 e. The summed E-state index contributed by atoms with van der Waals surface area (Å²) in [4.78, 5) is 15.7. The highest BCUT2D eigenvalue weighted by atomic mass is 35.5. The first-order valence-corrected chi connectivity index (χ1v) is 6.45. The number of hydrogen-bond acceptors (Lipinski definition) is 5. The Balaban J connectivity index is 1.67. The molecule has 0 radical (unpaired) electrons. The summed E-state index contributed by atoms with van der Waals surface area (Å²) in [6.07, 6.45) is 3.01. The number of ether oxygens (including phenoxy) is 2. The van der Waals surface area contributed by atoms with Crippen LogP contribution in [-0.2, 0) is 0 Å². The van der Waals surface area contributed by atoms with Crippen LogP contribution >= 0.6 is 11.6 Å². The lowest BCUT2D eigenvalue weighted by molar-refractivity contribution is 0.0955. The van der Waals surface area contributed by atoms with E-state index in [4.69, 9.17) is 21.1 Å². The molecule has 1 aromatic heterocycles. The van der Waals surface area contributed by atoms with Gasteiger partial charge in [-0.1, -0.05) is 11.6 Å². The lowest BCUT2D eigenvalue weighted by Gasteiger charge is -2.01. The quantitative estimate of drug-likeness (QED) is 0.536. The molecule has 0 spiro atoms. The van der Waals surface area contributed by atoms with Crippen LogP contribution in [0.25, 0.3) is 0 Å². The number of nitrogens with zero attached hydrogens (tertiary/aromatic N) is 2. The molecule has 0 bridgehead atoms. The molecular formula is C14H10ClN3O3. The second kappa shape index (κ2) is 5.80. The lowest BCUT2D eigenvalue weighted by atomic mass is 10.2. The fourth-order valence-electron chi connectivity index (χ4n) is 1.77. The van der Waals surface area contributed by atoms with Gasteiger partial charge in [0.05, 0.1) is 11.8 Å². The van der Waals surface area contributed by atoms with Crippen LogP contribution in [0.1, 0.15) is 15.9 Å². The summed E-state index contributed by atoms with van der Waals surface area (Å²) < 4.78 is 10.5. The number of amides is 1. The Morgan fingerprint density at radius 1 is 1.33 bits per heavy atom. The minimum absolute atomic E-state index is 0.133. The number of carbonyl (C=O) groups is 1. The Bertz CT molecular complexity index is 718. The molecule has 1 aliphatic rings. The van der Waals surface area contributed by atoms with Crippen LogP contribution in [-0.4, -0.2) is 23.9 Å². The van der Waals surface area contributed by atoms with Crippen LogP contribution in [0, 0.1) is 0 Å². The van der Waals surface area contributed by atoms with E-state index in [0.717, 1.165) is 5.56 Å². The third-order valence-corrected chi connectivity index (χ3v) is 3.08. The second-order valence-electron chi connectivity index (χ2n) is 4.15. The van der Waals surface area contributed by atoms with Gasteiger partial charge >= 0.3 is 0 Å². The van der Waals surface area contributed by atoms with Crippen molar-refractivity contribution >= 4 is 23.7 Å². The number of halogens is 1. The van der Waals surface area contributed by atoms with Gasteiger partial charge in [-0.3, -0.25) is 4.79 Å². The smallest absolute Gasteiger partial charge is 0.274 e. The molecule has 1 amide bonds. The fraction of sp³-hybridized carbons (Fsp3) is 0.0714. The average molecular weight is 304 g/mol. The lowest BCUT2D eigenvalue weighted by Crippen LogP contribution is -2.18. The number of carbonyl (C=O) groups excluding carboxylic acids is 1. The topological polar surface area (TPSA) is 72.8 Å². The number of aromatic nitrogens is 1. The van der Waals surface area contributed by atoms with Crippen LogP contribution in [0.5, 0.6) is 11.5 Å². The third-order valence-electron chi connectivity index (χ3n) is 2.78. The first-order chi connectivity index (χ1) is 10.2. The summed E-state index contributed by atoms with van der Waals surface area (Å²) >= 11 is 5.82. The fourth-order valence-corrected chi connectivity index (χ4v) is 1.98. The van der Waals surface area contributed by atoms with Crippen molar-refractivity contribution in [2.75, 3.05) is 6.79 Å². The van der Waals surface area contributed by atoms with E-state index < -0.39 is 5.91 Å². The molecule has 1 N–H and O–H groups in total. The second-order valence-corrected chi connectivity index (χ2v) is 4.51. The highest BCUT2D eigenvalue weighted by Gasteiger charge is 2.12. The molecule has 6 nitrogen and oxygen atoms in total. The number of fused-ring (bicyclic) bond motifs is 1. The third kappa shape index (κ3) is 2.95. The van der Waals surface area contributed by atoms with Gasteiger partial charge < -0.3 is 9.47 Å². The van der Waals surface area contributed by atoms with E-state index in [-0.39, 0.29) is 17.5 Å². The van der Waals surface area contributed by atoms with E-state index in [1.54, 1.807) is 30.3 Å². The van der Waals surface area contributed by atoms with Gasteiger partial charge in [0.25, 0.3) is 5.91 Å². The molecule has 2 heterocycles. The Labute approximate surface area is 125 Å². The molecule has 0 aliphatic carbocycles. The Kier molecular flexibility index (Phi) is 3.70. The van der Waals surface area contributed by atoms with Crippen molar-refractivity contribution in [1.82, 2.24) is 10.4 Å². The molecule has 0 fully saturated rings. The zero-order valence-electron chi connectivity index (χ0n) is 10.7. The predicted octanol–water partition coefficient (Wildman–Crippen LogP) is 2.23. The van der Waals surface area contributed by atoms with Gasteiger partial charge in [0, 0.05) is 6.20 Å². The predicted molar refractivity (Wildman–Crippen MR) is 76.9 cm³/mol. The molecule has 0 unspecified atom stereocenters. The zero-order chi connectivity index (χ0) is 14.7. The summed E-state index contributed by atoms with van der Waals surface area (Å²) in [7, 11) is 0. The van der Waals surface area contributed by atoms with Crippen molar-refractivity contribution in [2.45, 2.75) is 0 Å². The number of benzene rings is 1. The van der Waals surface area contributed by atoms with Crippen molar-refractivity contribution in [3.8, 4) is 11.5 Å². The molecule has 2 aromatic rings. The number of nitrogens with one attached hydrogen (secondary N) is 1. The van der Waals surface area contributed by atoms with Gasteiger partial charge in [-0.25, -0.2) is 10.4 Å². The summed E-state index contributed by atoms with van der Waals surface area (Å²) in [5.41, 5.74) is 3.43. The van der Waals surface area contributed by atoms with Crippen LogP contribution < -0.4 is 14.9 Å². The Hall–Kier alpha value is -2.60. The van der Waals surface area contributed by atoms with Gasteiger partial charge in [0.1, 0.15) is 5.15 Å². The molecule has 21 heavy (non-hydrogen) atoms. The first-order valence-electron chi connectivity index (χ1n) is 6.07. The van der Waals surface area contributed by atoms with Crippen molar-refractivity contribution < 1.29 is 14.3 Å². The van der Waals surface area contributed by atoms with E-state index in [2.05, 4.69) is 15.5 Å². The van der Waals surface area contributed by atoms with Crippen LogP contribution in [0.3, 0.4) is 0 Å². The largest absolute Gasteiger partial charge is 0.454 e. The van der Waals surface area contributed by atoms with Crippen molar-refractivity contribution in [3.63, 3.8) is 0 Å². The monoisotopic (exact) mass is 303 g/mol. The van der Waals surface area contributed by atoms with E-state index in [0.29, 0.717) is 11.5 Å². The SMILES string of the molecule is O=C(N/N=C/c1ccc2c(c1)OCO2)c1cccnc1Cl.